The molecule has 0 aromatic carbocycles. The van der Waals surface area contributed by atoms with Gasteiger partial charge in [-0.2, -0.15) is 18.3 Å². The maximum atomic E-state index is 12.7. The molecule has 0 spiro atoms. The van der Waals surface area contributed by atoms with Gasteiger partial charge in [-0.25, -0.2) is 4.68 Å². The minimum absolute atomic E-state index is 0.0374. The molecule has 0 amide bonds. The maximum absolute atomic E-state index is 12.7. The number of hydrogen-bond acceptors (Lipinski definition) is 2. The summed E-state index contributed by atoms with van der Waals surface area (Å²) in [6, 6.07) is 0.124. The van der Waals surface area contributed by atoms with Crippen LogP contribution >= 0.6 is 15.9 Å². The van der Waals surface area contributed by atoms with Crippen LogP contribution in [-0.2, 0) is 6.18 Å². The average Bonchev–Trinajstić information content (AvgIpc) is 3.02. The lowest BCUT2D eigenvalue weighted by Crippen LogP contribution is -2.25. The Bertz CT molecular complexity index is 450. The normalized spacial score (nSPS) is 24.4. The van der Waals surface area contributed by atoms with Crippen molar-refractivity contribution in [1.82, 2.24) is 9.78 Å². The zero-order chi connectivity index (χ0) is 12.2. The molecule has 1 aromatic rings. The van der Waals surface area contributed by atoms with Crippen LogP contribution in [0.2, 0.25) is 0 Å². The lowest BCUT2D eigenvalue weighted by Gasteiger charge is -2.25. The predicted molar refractivity (Wildman–Crippen MR) is 59.8 cm³/mol. The van der Waals surface area contributed by atoms with Gasteiger partial charge in [0, 0.05) is 6.54 Å². The van der Waals surface area contributed by atoms with Crippen LogP contribution in [0.5, 0.6) is 0 Å². The molecular weight excluding hydrogens is 299 g/mol. The van der Waals surface area contributed by atoms with Gasteiger partial charge in [-0.1, -0.05) is 0 Å². The van der Waals surface area contributed by atoms with Crippen LogP contribution in [0.15, 0.2) is 4.47 Å². The minimum Gasteiger partial charge on any atom is -0.369 e. The van der Waals surface area contributed by atoms with E-state index in [0.717, 1.165) is 19.3 Å². The molecule has 1 atom stereocenters. The van der Waals surface area contributed by atoms with Gasteiger partial charge in [-0.15, -0.1) is 0 Å². The highest BCUT2D eigenvalue weighted by atomic mass is 79.9. The van der Waals surface area contributed by atoms with Crippen LogP contribution in [0.3, 0.4) is 0 Å². The molecule has 1 aliphatic carbocycles. The van der Waals surface area contributed by atoms with E-state index in [1.807, 2.05) is 0 Å². The summed E-state index contributed by atoms with van der Waals surface area (Å²) in [7, 11) is 0. The molecule has 94 valence electrons. The summed E-state index contributed by atoms with van der Waals surface area (Å²) in [6.45, 7) is 0.711. The van der Waals surface area contributed by atoms with E-state index < -0.39 is 11.9 Å². The van der Waals surface area contributed by atoms with E-state index in [1.54, 1.807) is 0 Å². The monoisotopic (exact) mass is 309 g/mol. The molecule has 2 aliphatic rings. The SMILES string of the molecule is FC(F)(F)c1nn2c(c1Br)NCCC2C1CC1. The van der Waals surface area contributed by atoms with Gasteiger partial charge < -0.3 is 5.32 Å². The quantitative estimate of drug-likeness (QED) is 0.861. The van der Waals surface area contributed by atoms with Crippen LogP contribution in [0.1, 0.15) is 31.0 Å². The molecule has 0 saturated heterocycles. The Kier molecular flexibility index (Phi) is 2.43. The molecule has 1 unspecified atom stereocenters. The van der Waals surface area contributed by atoms with E-state index >= 15 is 0 Å². The van der Waals surface area contributed by atoms with Crippen molar-refractivity contribution in [3.05, 3.63) is 10.2 Å². The van der Waals surface area contributed by atoms with Gasteiger partial charge in [-0.05, 0) is 41.1 Å². The van der Waals surface area contributed by atoms with Crippen molar-refractivity contribution in [1.29, 1.82) is 0 Å². The predicted octanol–water partition coefficient (Wildman–Crippen LogP) is 3.43. The lowest BCUT2D eigenvalue weighted by atomic mass is 10.1. The fourth-order valence-corrected chi connectivity index (χ4v) is 3.00. The van der Waals surface area contributed by atoms with Gasteiger partial charge in [-0.3, -0.25) is 0 Å². The highest BCUT2D eigenvalue weighted by Gasteiger charge is 2.43. The Hall–Kier alpha value is -0.720. The van der Waals surface area contributed by atoms with Crippen molar-refractivity contribution >= 4 is 21.7 Å². The lowest BCUT2D eigenvalue weighted by molar-refractivity contribution is -0.142. The molecule has 1 aliphatic heterocycles. The molecule has 0 radical (unpaired) electrons. The van der Waals surface area contributed by atoms with Gasteiger partial charge >= 0.3 is 6.18 Å². The van der Waals surface area contributed by atoms with Crippen LogP contribution in [0.25, 0.3) is 0 Å². The first-order valence-corrected chi connectivity index (χ1v) is 6.37. The zero-order valence-corrected chi connectivity index (χ0v) is 10.5. The number of nitrogens with one attached hydrogen (secondary N) is 1. The van der Waals surface area contributed by atoms with Crippen molar-refractivity contribution in [2.75, 3.05) is 11.9 Å². The number of rotatable bonds is 1. The van der Waals surface area contributed by atoms with E-state index in [4.69, 9.17) is 0 Å². The Morgan fingerprint density at radius 3 is 2.59 bits per heavy atom. The van der Waals surface area contributed by atoms with E-state index in [0.29, 0.717) is 18.3 Å². The van der Waals surface area contributed by atoms with Crippen molar-refractivity contribution in [3.63, 3.8) is 0 Å². The van der Waals surface area contributed by atoms with Gasteiger partial charge in [0.05, 0.1) is 10.5 Å². The summed E-state index contributed by atoms with van der Waals surface area (Å²) in [6.07, 6.45) is -1.35. The number of hydrogen-bond donors (Lipinski definition) is 1. The first-order chi connectivity index (χ1) is 7.98. The van der Waals surface area contributed by atoms with Crippen molar-refractivity contribution in [2.45, 2.75) is 31.5 Å². The minimum atomic E-state index is -4.40. The topological polar surface area (TPSA) is 29.9 Å². The van der Waals surface area contributed by atoms with Gasteiger partial charge in [0.2, 0.25) is 0 Å². The van der Waals surface area contributed by atoms with E-state index in [9.17, 15) is 13.2 Å². The number of aromatic nitrogens is 2. The summed E-state index contributed by atoms with van der Waals surface area (Å²) in [5.74, 6) is 0.976. The Labute approximate surface area is 104 Å². The Morgan fingerprint density at radius 2 is 2.00 bits per heavy atom. The van der Waals surface area contributed by atoms with Gasteiger partial charge in [0.15, 0.2) is 5.69 Å². The summed E-state index contributed by atoms with van der Waals surface area (Å²) in [5, 5.41) is 6.74. The standard InChI is InChI=1S/C10H11BrF3N3/c11-7-8(10(12,13)14)16-17-6(5-1-2-5)3-4-15-9(7)17/h5-6,15H,1-4H2. The van der Waals surface area contributed by atoms with Crippen molar-refractivity contribution in [3.8, 4) is 0 Å². The molecule has 2 heterocycles. The van der Waals surface area contributed by atoms with Crippen LogP contribution in [0, 0.1) is 5.92 Å². The van der Waals surface area contributed by atoms with E-state index in [2.05, 4.69) is 26.3 Å². The van der Waals surface area contributed by atoms with Crippen LogP contribution < -0.4 is 5.32 Å². The largest absolute Gasteiger partial charge is 0.436 e. The molecule has 3 nitrogen and oxygen atoms in total. The van der Waals surface area contributed by atoms with Crippen molar-refractivity contribution < 1.29 is 13.2 Å². The second-order valence-electron chi connectivity index (χ2n) is 4.57. The number of nitrogens with zero attached hydrogens (tertiary/aromatic N) is 2. The van der Waals surface area contributed by atoms with E-state index in [-0.39, 0.29) is 10.5 Å². The van der Waals surface area contributed by atoms with Crippen molar-refractivity contribution in [2.24, 2.45) is 5.92 Å². The molecule has 1 aromatic heterocycles. The summed E-state index contributed by atoms with van der Waals surface area (Å²) in [5.41, 5.74) is -0.826. The first kappa shape index (κ1) is 11.4. The number of anilines is 1. The molecule has 7 heteroatoms. The summed E-state index contributed by atoms with van der Waals surface area (Å²) in [4.78, 5) is 0. The highest BCUT2D eigenvalue weighted by Crippen LogP contribution is 2.47. The van der Waals surface area contributed by atoms with Crippen LogP contribution in [-0.4, -0.2) is 16.3 Å². The first-order valence-electron chi connectivity index (χ1n) is 5.57. The third-order valence-electron chi connectivity index (χ3n) is 3.33. The fraction of sp³-hybridized carbons (Fsp3) is 0.700. The number of fused-ring (bicyclic) bond motifs is 1. The van der Waals surface area contributed by atoms with Crippen LogP contribution in [0.4, 0.5) is 19.0 Å². The Morgan fingerprint density at radius 1 is 1.29 bits per heavy atom. The number of halogens is 4. The third kappa shape index (κ3) is 1.84. The molecule has 0 bridgehead atoms. The zero-order valence-electron chi connectivity index (χ0n) is 8.89. The number of alkyl halides is 3. The fourth-order valence-electron chi connectivity index (χ4n) is 2.37. The van der Waals surface area contributed by atoms with Gasteiger partial charge in [0.1, 0.15) is 5.82 Å². The molecule has 1 saturated carbocycles. The second-order valence-corrected chi connectivity index (χ2v) is 5.37. The third-order valence-corrected chi connectivity index (χ3v) is 4.09. The highest BCUT2D eigenvalue weighted by molar-refractivity contribution is 9.10. The second kappa shape index (κ2) is 3.63. The van der Waals surface area contributed by atoms with E-state index in [1.165, 1.54) is 4.68 Å². The molecular formula is C10H11BrF3N3. The molecule has 3 rings (SSSR count). The smallest absolute Gasteiger partial charge is 0.369 e. The molecule has 1 N–H and O–H groups in total. The maximum Gasteiger partial charge on any atom is 0.436 e. The molecule has 17 heavy (non-hydrogen) atoms. The average molecular weight is 310 g/mol. The molecule has 1 fully saturated rings. The Balaban J connectivity index is 2.06. The summed E-state index contributed by atoms with van der Waals surface area (Å²) < 4.78 is 39.8. The summed E-state index contributed by atoms with van der Waals surface area (Å²) >= 11 is 3.00. The van der Waals surface area contributed by atoms with Gasteiger partial charge in [0.25, 0.3) is 0 Å².